The summed E-state index contributed by atoms with van der Waals surface area (Å²) >= 11 is 0. The van der Waals surface area contributed by atoms with E-state index in [9.17, 15) is 9.59 Å². The molecule has 0 spiro atoms. The van der Waals surface area contributed by atoms with E-state index in [-0.39, 0.29) is 11.9 Å². The third-order valence-corrected chi connectivity index (χ3v) is 3.03. The SMILES string of the molecule is CC(=O)NCCNC(=O)Nc1ccc(-c2ccccc2)cc1. The van der Waals surface area contributed by atoms with Gasteiger partial charge in [0, 0.05) is 25.7 Å². The monoisotopic (exact) mass is 297 g/mol. The molecule has 0 aliphatic rings. The van der Waals surface area contributed by atoms with E-state index < -0.39 is 0 Å². The van der Waals surface area contributed by atoms with E-state index in [2.05, 4.69) is 16.0 Å². The number of rotatable bonds is 5. The van der Waals surface area contributed by atoms with Gasteiger partial charge in [-0.3, -0.25) is 4.79 Å². The molecule has 2 rings (SSSR count). The fourth-order valence-electron chi connectivity index (χ4n) is 1.97. The van der Waals surface area contributed by atoms with Crippen LogP contribution in [0.5, 0.6) is 0 Å². The van der Waals surface area contributed by atoms with Gasteiger partial charge < -0.3 is 16.0 Å². The fraction of sp³-hybridized carbons (Fsp3) is 0.176. The predicted octanol–water partition coefficient (Wildman–Crippen LogP) is 2.61. The third kappa shape index (κ3) is 4.94. The first-order chi connectivity index (χ1) is 10.6. The highest BCUT2D eigenvalue weighted by Crippen LogP contribution is 2.20. The lowest BCUT2D eigenvalue weighted by Gasteiger charge is -2.09. The first-order valence-electron chi connectivity index (χ1n) is 7.10. The largest absolute Gasteiger partial charge is 0.355 e. The first-order valence-corrected chi connectivity index (χ1v) is 7.10. The molecular weight excluding hydrogens is 278 g/mol. The van der Waals surface area contributed by atoms with Crippen LogP contribution in [0.2, 0.25) is 0 Å². The Balaban J connectivity index is 1.83. The Morgan fingerprint density at radius 2 is 1.41 bits per heavy atom. The topological polar surface area (TPSA) is 70.2 Å². The van der Waals surface area contributed by atoms with Gasteiger partial charge in [0.2, 0.25) is 5.91 Å². The summed E-state index contributed by atoms with van der Waals surface area (Å²) in [4.78, 5) is 22.4. The van der Waals surface area contributed by atoms with Crippen molar-refractivity contribution in [2.75, 3.05) is 18.4 Å². The number of carbonyl (C=O) groups is 2. The Kier molecular flexibility index (Phi) is 5.54. The molecular formula is C17H19N3O2. The first kappa shape index (κ1) is 15.6. The average Bonchev–Trinajstić information content (AvgIpc) is 2.53. The van der Waals surface area contributed by atoms with Crippen molar-refractivity contribution in [1.82, 2.24) is 10.6 Å². The Bertz CT molecular complexity index is 624. The van der Waals surface area contributed by atoms with Crippen LogP contribution in [0, 0.1) is 0 Å². The van der Waals surface area contributed by atoms with Crippen LogP contribution in [-0.2, 0) is 4.79 Å². The Labute approximate surface area is 129 Å². The van der Waals surface area contributed by atoms with Crippen LogP contribution in [0.15, 0.2) is 54.6 Å². The number of benzene rings is 2. The minimum atomic E-state index is -0.294. The molecule has 0 fully saturated rings. The van der Waals surface area contributed by atoms with E-state index in [4.69, 9.17) is 0 Å². The predicted molar refractivity (Wildman–Crippen MR) is 87.6 cm³/mol. The van der Waals surface area contributed by atoms with Gasteiger partial charge in [0.15, 0.2) is 0 Å². The zero-order chi connectivity index (χ0) is 15.8. The molecule has 2 aromatic rings. The van der Waals surface area contributed by atoms with Gasteiger partial charge in [-0.2, -0.15) is 0 Å². The summed E-state index contributed by atoms with van der Waals surface area (Å²) in [5.41, 5.74) is 2.95. The number of anilines is 1. The molecule has 5 heteroatoms. The molecule has 5 nitrogen and oxygen atoms in total. The molecule has 0 unspecified atom stereocenters. The Morgan fingerprint density at radius 3 is 2.05 bits per heavy atom. The van der Waals surface area contributed by atoms with Crippen molar-refractivity contribution in [3.05, 3.63) is 54.6 Å². The Hall–Kier alpha value is -2.82. The molecule has 3 amide bonds. The van der Waals surface area contributed by atoms with E-state index >= 15 is 0 Å². The van der Waals surface area contributed by atoms with Crippen LogP contribution in [0.3, 0.4) is 0 Å². The van der Waals surface area contributed by atoms with E-state index in [0.717, 1.165) is 16.8 Å². The zero-order valence-electron chi connectivity index (χ0n) is 12.4. The Morgan fingerprint density at radius 1 is 0.818 bits per heavy atom. The summed E-state index contributed by atoms with van der Waals surface area (Å²) < 4.78 is 0. The molecule has 0 atom stereocenters. The van der Waals surface area contributed by atoms with Crippen LogP contribution in [0.25, 0.3) is 11.1 Å². The summed E-state index contributed by atoms with van der Waals surface area (Å²) in [6, 6.07) is 17.4. The standard InChI is InChI=1S/C17H19N3O2/c1-13(21)18-11-12-19-17(22)20-16-9-7-15(8-10-16)14-5-3-2-4-6-14/h2-10H,11-12H2,1H3,(H,18,21)(H2,19,20,22). The molecule has 114 valence electrons. The average molecular weight is 297 g/mol. The van der Waals surface area contributed by atoms with Gasteiger partial charge in [0.1, 0.15) is 0 Å². The maximum Gasteiger partial charge on any atom is 0.319 e. The molecule has 0 radical (unpaired) electrons. The second kappa shape index (κ2) is 7.83. The summed E-state index contributed by atoms with van der Waals surface area (Å²) in [6.45, 7) is 2.23. The van der Waals surface area contributed by atoms with Crippen LogP contribution in [-0.4, -0.2) is 25.0 Å². The van der Waals surface area contributed by atoms with Crippen LogP contribution >= 0.6 is 0 Å². The van der Waals surface area contributed by atoms with Crippen molar-refractivity contribution >= 4 is 17.6 Å². The molecule has 0 aromatic heterocycles. The summed E-state index contributed by atoms with van der Waals surface area (Å²) in [7, 11) is 0. The van der Waals surface area contributed by atoms with E-state index in [1.807, 2.05) is 54.6 Å². The lowest BCUT2D eigenvalue weighted by molar-refractivity contribution is -0.118. The van der Waals surface area contributed by atoms with E-state index in [1.165, 1.54) is 6.92 Å². The molecule has 0 saturated carbocycles. The number of hydrogen-bond donors (Lipinski definition) is 3. The summed E-state index contributed by atoms with van der Waals surface area (Å²) in [6.07, 6.45) is 0. The lowest BCUT2D eigenvalue weighted by atomic mass is 10.1. The van der Waals surface area contributed by atoms with Gasteiger partial charge in [-0.1, -0.05) is 42.5 Å². The number of carbonyl (C=O) groups excluding carboxylic acids is 2. The van der Waals surface area contributed by atoms with E-state index in [0.29, 0.717) is 13.1 Å². The normalized spacial score (nSPS) is 9.86. The number of urea groups is 1. The highest BCUT2D eigenvalue weighted by molar-refractivity contribution is 5.89. The van der Waals surface area contributed by atoms with Gasteiger partial charge in [0.25, 0.3) is 0 Å². The third-order valence-electron chi connectivity index (χ3n) is 3.03. The van der Waals surface area contributed by atoms with Crippen molar-refractivity contribution in [3.8, 4) is 11.1 Å². The molecule has 2 aromatic carbocycles. The summed E-state index contributed by atoms with van der Waals surface area (Å²) in [5.74, 6) is -0.112. The fourth-order valence-corrected chi connectivity index (χ4v) is 1.97. The molecule has 22 heavy (non-hydrogen) atoms. The molecule has 3 N–H and O–H groups in total. The highest BCUT2D eigenvalue weighted by Gasteiger charge is 2.02. The van der Waals surface area contributed by atoms with E-state index in [1.54, 1.807) is 0 Å². The summed E-state index contributed by atoms with van der Waals surface area (Å²) in [5, 5.41) is 8.02. The van der Waals surface area contributed by atoms with Crippen LogP contribution in [0.4, 0.5) is 10.5 Å². The quantitative estimate of drug-likeness (QED) is 0.742. The zero-order valence-corrected chi connectivity index (χ0v) is 12.4. The maximum absolute atomic E-state index is 11.7. The van der Waals surface area contributed by atoms with Crippen LogP contribution in [0.1, 0.15) is 6.92 Å². The second-order valence-corrected chi connectivity index (χ2v) is 4.81. The van der Waals surface area contributed by atoms with Crippen molar-refractivity contribution in [2.24, 2.45) is 0 Å². The lowest BCUT2D eigenvalue weighted by Crippen LogP contribution is -2.36. The number of hydrogen-bond acceptors (Lipinski definition) is 2. The molecule has 0 heterocycles. The minimum absolute atomic E-state index is 0.112. The van der Waals surface area contributed by atoms with Crippen molar-refractivity contribution in [3.63, 3.8) is 0 Å². The van der Waals surface area contributed by atoms with Gasteiger partial charge in [-0.05, 0) is 23.3 Å². The molecule has 0 aliphatic carbocycles. The van der Waals surface area contributed by atoms with Crippen molar-refractivity contribution < 1.29 is 9.59 Å². The van der Waals surface area contributed by atoms with Gasteiger partial charge in [-0.25, -0.2) is 4.79 Å². The number of nitrogens with one attached hydrogen (secondary N) is 3. The molecule has 0 aliphatic heterocycles. The minimum Gasteiger partial charge on any atom is -0.355 e. The van der Waals surface area contributed by atoms with Crippen molar-refractivity contribution in [1.29, 1.82) is 0 Å². The second-order valence-electron chi connectivity index (χ2n) is 4.81. The van der Waals surface area contributed by atoms with Gasteiger partial charge >= 0.3 is 6.03 Å². The van der Waals surface area contributed by atoms with Gasteiger partial charge in [0.05, 0.1) is 0 Å². The highest BCUT2D eigenvalue weighted by atomic mass is 16.2. The molecule has 0 saturated heterocycles. The smallest absolute Gasteiger partial charge is 0.319 e. The number of amides is 3. The maximum atomic E-state index is 11.7. The molecule has 0 bridgehead atoms. The van der Waals surface area contributed by atoms with Gasteiger partial charge in [-0.15, -0.1) is 0 Å². The van der Waals surface area contributed by atoms with Crippen molar-refractivity contribution in [2.45, 2.75) is 6.92 Å². The van der Waals surface area contributed by atoms with Crippen LogP contribution < -0.4 is 16.0 Å².